The molecule has 0 spiro atoms. The van der Waals surface area contributed by atoms with E-state index < -0.39 is 11.4 Å². The maximum atomic E-state index is 11.5. The quantitative estimate of drug-likeness (QED) is 0.738. The molecular weight excluding hydrogens is 258 g/mol. The molecule has 0 aromatic heterocycles. The number of carboxylic acids is 1. The van der Waals surface area contributed by atoms with Crippen molar-refractivity contribution in [3.63, 3.8) is 0 Å². The lowest BCUT2D eigenvalue weighted by Crippen LogP contribution is -2.36. The van der Waals surface area contributed by atoms with Crippen LogP contribution in [0.1, 0.15) is 37.7 Å². The first-order valence-corrected chi connectivity index (χ1v) is 6.79. The van der Waals surface area contributed by atoms with Crippen molar-refractivity contribution in [3.05, 3.63) is 23.8 Å². The van der Waals surface area contributed by atoms with Crippen LogP contribution in [0.5, 0.6) is 11.5 Å². The number of phenols is 2. The molecule has 3 N–H and O–H groups in total. The number of carbonyl (C=O) groups is 1. The Morgan fingerprint density at radius 1 is 1.25 bits per heavy atom. The molecule has 0 aliphatic heterocycles. The van der Waals surface area contributed by atoms with E-state index in [2.05, 4.69) is 4.99 Å². The summed E-state index contributed by atoms with van der Waals surface area (Å²) in [6, 6.07) is 4.23. The lowest BCUT2D eigenvalue weighted by Gasteiger charge is -2.31. The van der Waals surface area contributed by atoms with Crippen LogP contribution in [0.4, 0.5) is 0 Å². The van der Waals surface area contributed by atoms with Crippen LogP contribution < -0.4 is 0 Å². The average molecular weight is 277 g/mol. The zero-order valence-corrected chi connectivity index (χ0v) is 11.2. The maximum absolute atomic E-state index is 11.5. The standard InChI is InChI=1S/C15H19NO4/c17-12-5-4-11(13(18)8-12)9-16-10-15(14(19)20)6-2-1-3-7-15/h4-5,8-9,17-18H,1-3,6-7,10H2,(H,19,20). The SMILES string of the molecule is O=C(O)C1(CN=Cc2ccc(O)cc2O)CCCCC1. The van der Waals surface area contributed by atoms with Crippen molar-refractivity contribution in [2.24, 2.45) is 10.4 Å². The highest BCUT2D eigenvalue weighted by Crippen LogP contribution is 2.37. The molecule has 2 rings (SSSR count). The van der Waals surface area contributed by atoms with Gasteiger partial charge in [-0.25, -0.2) is 0 Å². The third kappa shape index (κ3) is 3.10. The summed E-state index contributed by atoms with van der Waals surface area (Å²) in [5.74, 6) is -0.875. The van der Waals surface area contributed by atoms with Crippen LogP contribution in [-0.4, -0.2) is 34.0 Å². The third-order valence-electron chi connectivity index (χ3n) is 3.90. The predicted octanol–water partition coefficient (Wildman–Crippen LogP) is 2.55. The highest BCUT2D eigenvalue weighted by atomic mass is 16.4. The molecule has 1 fully saturated rings. The van der Waals surface area contributed by atoms with E-state index in [-0.39, 0.29) is 18.0 Å². The van der Waals surface area contributed by atoms with E-state index in [9.17, 15) is 20.1 Å². The second-order valence-electron chi connectivity index (χ2n) is 5.36. The number of hydrogen-bond acceptors (Lipinski definition) is 4. The van der Waals surface area contributed by atoms with Gasteiger partial charge in [-0.2, -0.15) is 0 Å². The van der Waals surface area contributed by atoms with Crippen LogP contribution in [-0.2, 0) is 4.79 Å². The van der Waals surface area contributed by atoms with Gasteiger partial charge >= 0.3 is 5.97 Å². The molecule has 1 aromatic rings. The summed E-state index contributed by atoms with van der Waals surface area (Å²) >= 11 is 0. The van der Waals surface area contributed by atoms with Crippen molar-refractivity contribution in [2.75, 3.05) is 6.54 Å². The summed E-state index contributed by atoms with van der Waals surface area (Å²) in [5.41, 5.74) is -0.291. The second kappa shape index (κ2) is 5.94. The van der Waals surface area contributed by atoms with Crippen LogP contribution in [0, 0.1) is 5.41 Å². The van der Waals surface area contributed by atoms with Gasteiger partial charge in [0.15, 0.2) is 0 Å². The number of aliphatic imine (C=N–C) groups is 1. The van der Waals surface area contributed by atoms with E-state index in [1.807, 2.05) is 0 Å². The number of phenolic OH excluding ortho intramolecular Hbond substituents is 2. The third-order valence-corrected chi connectivity index (χ3v) is 3.90. The van der Waals surface area contributed by atoms with E-state index >= 15 is 0 Å². The summed E-state index contributed by atoms with van der Waals surface area (Å²) in [6.45, 7) is 0.225. The number of nitrogens with zero attached hydrogens (tertiary/aromatic N) is 1. The van der Waals surface area contributed by atoms with E-state index in [4.69, 9.17) is 0 Å². The Bertz CT molecular complexity index is 519. The Morgan fingerprint density at radius 2 is 1.95 bits per heavy atom. The molecule has 1 aliphatic carbocycles. The molecule has 0 saturated heterocycles. The molecular formula is C15H19NO4. The molecule has 5 nitrogen and oxygen atoms in total. The Balaban J connectivity index is 2.09. The first-order valence-electron chi connectivity index (χ1n) is 6.79. The van der Waals surface area contributed by atoms with Gasteiger partial charge in [-0.05, 0) is 25.0 Å². The molecule has 1 saturated carbocycles. The van der Waals surface area contributed by atoms with Crippen LogP contribution in [0.15, 0.2) is 23.2 Å². The van der Waals surface area contributed by atoms with Crippen LogP contribution in [0.3, 0.4) is 0 Å². The topological polar surface area (TPSA) is 90.1 Å². The molecule has 108 valence electrons. The fourth-order valence-corrected chi connectivity index (χ4v) is 2.63. The number of benzene rings is 1. The molecule has 0 unspecified atom stereocenters. The van der Waals surface area contributed by atoms with Gasteiger partial charge in [0.1, 0.15) is 11.5 Å². The van der Waals surface area contributed by atoms with Crippen LogP contribution in [0.2, 0.25) is 0 Å². The summed E-state index contributed by atoms with van der Waals surface area (Å²) in [4.78, 5) is 15.7. The van der Waals surface area contributed by atoms with Gasteiger partial charge in [0.05, 0.1) is 12.0 Å². The minimum absolute atomic E-state index is 0.0195. The fourth-order valence-electron chi connectivity index (χ4n) is 2.63. The van der Waals surface area contributed by atoms with E-state index in [0.29, 0.717) is 18.4 Å². The monoisotopic (exact) mass is 277 g/mol. The largest absolute Gasteiger partial charge is 0.508 e. The summed E-state index contributed by atoms with van der Waals surface area (Å²) in [7, 11) is 0. The van der Waals surface area contributed by atoms with E-state index in [1.165, 1.54) is 18.3 Å². The van der Waals surface area contributed by atoms with E-state index in [1.54, 1.807) is 6.07 Å². The zero-order chi connectivity index (χ0) is 14.6. The van der Waals surface area contributed by atoms with Crippen LogP contribution >= 0.6 is 0 Å². The lowest BCUT2D eigenvalue weighted by molar-refractivity contribution is -0.150. The lowest BCUT2D eigenvalue weighted by atomic mass is 9.74. The highest BCUT2D eigenvalue weighted by molar-refractivity contribution is 5.84. The Labute approximate surface area is 117 Å². The number of carboxylic acid groups (broad SMARTS) is 1. The Morgan fingerprint density at radius 3 is 2.55 bits per heavy atom. The normalized spacial score (nSPS) is 18.2. The summed E-state index contributed by atoms with van der Waals surface area (Å²) in [5, 5.41) is 28.3. The summed E-state index contributed by atoms with van der Waals surface area (Å²) < 4.78 is 0. The minimum Gasteiger partial charge on any atom is -0.508 e. The predicted molar refractivity (Wildman–Crippen MR) is 75.4 cm³/mol. The van der Waals surface area contributed by atoms with E-state index in [0.717, 1.165) is 19.3 Å². The minimum atomic E-state index is -0.788. The van der Waals surface area contributed by atoms with Gasteiger partial charge in [-0.1, -0.05) is 19.3 Å². The van der Waals surface area contributed by atoms with Gasteiger partial charge in [0, 0.05) is 17.8 Å². The molecule has 0 bridgehead atoms. The van der Waals surface area contributed by atoms with Gasteiger partial charge in [-0.3, -0.25) is 9.79 Å². The molecule has 0 radical (unpaired) electrons. The number of rotatable bonds is 4. The molecule has 0 heterocycles. The molecule has 5 heteroatoms. The van der Waals surface area contributed by atoms with Gasteiger partial charge in [-0.15, -0.1) is 0 Å². The van der Waals surface area contributed by atoms with Crippen molar-refractivity contribution in [1.29, 1.82) is 0 Å². The van der Waals surface area contributed by atoms with Crippen molar-refractivity contribution in [2.45, 2.75) is 32.1 Å². The zero-order valence-electron chi connectivity index (χ0n) is 11.2. The van der Waals surface area contributed by atoms with Crippen molar-refractivity contribution in [3.8, 4) is 11.5 Å². The van der Waals surface area contributed by atoms with Crippen molar-refractivity contribution in [1.82, 2.24) is 0 Å². The summed E-state index contributed by atoms with van der Waals surface area (Å²) in [6.07, 6.45) is 5.70. The molecule has 1 aliphatic rings. The number of hydrogen-bond donors (Lipinski definition) is 3. The average Bonchev–Trinajstić information content (AvgIpc) is 2.42. The Hall–Kier alpha value is -2.04. The molecule has 1 aromatic carbocycles. The van der Waals surface area contributed by atoms with Crippen LogP contribution in [0.25, 0.3) is 0 Å². The molecule has 0 amide bonds. The van der Waals surface area contributed by atoms with Crippen molar-refractivity contribution >= 4 is 12.2 Å². The molecule has 0 atom stereocenters. The first kappa shape index (κ1) is 14.4. The highest BCUT2D eigenvalue weighted by Gasteiger charge is 2.39. The van der Waals surface area contributed by atoms with Gasteiger partial charge < -0.3 is 15.3 Å². The first-order chi connectivity index (χ1) is 9.53. The number of aliphatic carboxylic acids is 1. The van der Waals surface area contributed by atoms with Gasteiger partial charge in [0.25, 0.3) is 0 Å². The Kier molecular flexibility index (Phi) is 4.27. The smallest absolute Gasteiger partial charge is 0.311 e. The second-order valence-corrected chi connectivity index (χ2v) is 5.36. The van der Waals surface area contributed by atoms with Crippen molar-refractivity contribution < 1.29 is 20.1 Å². The van der Waals surface area contributed by atoms with Gasteiger partial charge in [0.2, 0.25) is 0 Å². The fraction of sp³-hybridized carbons (Fsp3) is 0.467. The maximum Gasteiger partial charge on any atom is 0.311 e. The number of aromatic hydroxyl groups is 2. The molecule has 20 heavy (non-hydrogen) atoms.